The Morgan fingerprint density at radius 2 is 1.79 bits per heavy atom. The van der Waals surface area contributed by atoms with Crippen LogP contribution >= 0.6 is 11.8 Å². The molecule has 0 heterocycles. The fourth-order valence-electron chi connectivity index (χ4n) is 1.36. The first-order valence-electron chi connectivity index (χ1n) is 5.99. The van der Waals surface area contributed by atoms with Crippen molar-refractivity contribution in [2.45, 2.75) is 11.8 Å². The fraction of sp³-hybridized carbons (Fsp3) is 0.429. The molecule has 5 heteroatoms. The van der Waals surface area contributed by atoms with Crippen LogP contribution in [0.25, 0.3) is 9.69 Å². The van der Waals surface area contributed by atoms with Gasteiger partial charge in [-0.3, -0.25) is 9.69 Å². The highest BCUT2D eigenvalue weighted by Gasteiger charge is 2.03. The Labute approximate surface area is 118 Å². The highest BCUT2D eigenvalue weighted by Crippen LogP contribution is 2.32. The fourth-order valence-corrected chi connectivity index (χ4v) is 2.16. The summed E-state index contributed by atoms with van der Waals surface area (Å²) < 4.78 is 10.6. The summed E-state index contributed by atoms with van der Waals surface area (Å²) in [6.07, 6.45) is 0. The number of rotatable bonds is 8. The minimum absolute atomic E-state index is 0.410. The molecule has 0 amide bonds. The van der Waals surface area contributed by atoms with Gasteiger partial charge in [0.15, 0.2) is 11.4 Å². The highest BCUT2D eigenvalue weighted by molar-refractivity contribution is 7.99. The van der Waals surface area contributed by atoms with Crippen molar-refractivity contribution >= 4 is 23.1 Å². The molecule has 4 nitrogen and oxygen atoms in total. The predicted octanol–water partition coefficient (Wildman–Crippen LogP) is 3.93. The van der Waals surface area contributed by atoms with E-state index in [1.807, 2.05) is 13.0 Å². The second-order valence-corrected chi connectivity index (χ2v) is 4.70. The lowest BCUT2D eigenvalue weighted by atomic mass is 10.3. The molecule has 100 valence electrons. The van der Waals surface area contributed by atoms with Gasteiger partial charge in [0, 0.05) is 12.4 Å². The van der Waals surface area contributed by atoms with Gasteiger partial charge in [0.25, 0.3) is 0 Å². The Hall–Kier alpha value is -1.53. The Bertz CT molecular complexity index is 477. The van der Waals surface area contributed by atoms with Gasteiger partial charge in [-0.1, -0.05) is 18.2 Å². The Kier molecular flexibility index (Phi) is 7.69. The molecule has 0 aliphatic carbocycles. The van der Waals surface area contributed by atoms with Crippen molar-refractivity contribution in [3.63, 3.8) is 0 Å². The average Bonchev–Trinajstić information content (AvgIpc) is 2.46. The number of hydrogen-bond donors (Lipinski definition) is 0. The molecule has 1 aromatic carbocycles. The third-order valence-electron chi connectivity index (χ3n) is 2.26. The molecule has 0 aliphatic rings. The maximum atomic E-state index is 7.03. The molecule has 0 aromatic heterocycles. The number of hydrogen-bond acceptors (Lipinski definition) is 3. The van der Waals surface area contributed by atoms with Gasteiger partial charge in [-0.25, -0.2) is 0 Å². The third-order valence-corrected chi connectivity index (χ3v) is 3.22. The van der Waals surface area contributed by atoms with E-state index in [0.29, 0.717) is 37.8 Å². The molecular weight excluding hydrogens is 260 g/mol. The van der Waals surface area contributed by atoms with Crippen molar-refractivity contribution in [1.29, 1.82) is 0 Å². The van der Waals surface area contributed by atoms with Crippen molar-refractivity contribution in [2.24, 2.45) is 0 Å². The number of ether oxygens (including phenoxy) is 2. The molecule has 0 spiro atoms. The van der Waals surface area contributed by atoms with E-state index in [4.69, 9.17) is 22.6 Å². The molecule has 0 bridgehead atoms. The minimum Gasteiger partial charge on any atom is -0.379 e. The van der Waals surface area contributed by atoms with Gasteiger partial charge < -0.3 is 9.47 Å². The smallest absolute Gasteiger partial charge is 0.195 e. The lowest BCUT2D eigenvalue weighted by Crippen LogP contribution is -2.06. The molecule has 0 saturated carbocycles. The molecule has 0 atom stereocenters. The van der Waals surface area contributed by atoms with Gasteiger partial charge >= 0.3 is 0 Å². The summed E-state index contributed by atoms with van der Waals surface area (Å²) in [5.74, 6) is 0.820. The number of benzene rings is 1. The normalized spacial score (nSPS) is 9.84. The number of thioether (sulfide) groups is 1. The molecule has 0 fully saturated rings. The van der Waals surface area contributed by atoms with Crippen LogP contribution in [-0.4, -0.2) is 32.2 Å². The average molecular weight is 276 g/mol. The van der Waals surface area contributed by atoms with Crippen LogP contribution < -0.4 is 0 Å². The van der Waals surface area contributed by atoms with E-state index in [0.717, 1.165) is 10.6 Å². The molecule has 0 aliphatic heterocycles. The maximum Gasteiger partial charge on any atom is 0.195 e. The SMILES string of the molecule is [C-]#[N+]c1ccc(SCCOCCOCC)cc1[N+]#[C-]. The summed E-state index contributed by atoms with van der Waals surface area (Å²) in [5.41, 5.74) is 0.824. The van der Waals surface area contributed by atoms with Crippen LogP contribution in [0, 0.1) is 13.1 Å². The zero-order chi connectivity index (χ0) is 13.9. The van der Waals surface area contributed by atoms with Crippen molar-refractivity contribution in [2.75, 3.05) is 32.2 Å². The summed E-state index contributed by atoms with van der Waals surface area (Å²) in [4.78, 5) is 7.66. The van der Waals surface area contributed by atoms with Crippen LogP contribution in [0.5, 0.6) is 0 Å². The second-order valence-electron chi connectivity index (χ2n) is 3.53. The van der Waals surface area contributed by atoms with Crippen LogP contribution in [0.3, 0.4) is 0 Å². The van der Waals surface area contributed by atoms with Gasteiger partial charge in [0.05, 0.1) is 33.0 Å². The van der Waals surface area contributed by atoms with E-state index in [1.165, 1.54) is 0 Å². The van der Waals surface area contributed by atoms with Crippen LogP contribution in [-0.2, 0) is 9.47 Å². The van der Waals surface area contributed by atoms with Crippen molar-refractivity contribution in [3.05, 3.63) is 41.0 Å². The quantitative estimate of drug-likeness (QED) is 0.409. The monoisotopic (exact) mass is 276 g/mol. The van der Waals surface area contributed by atoms with Gasteiger partial charge in [-0.2, -0.15) is 0 Å². The first-order chi connectivity index (χ1) is 9.31. The van der Waals surface area contributed by atoms with E-state index in [1.54, 1.807) is 23.9 Å². The van der Waals surface area contributed by atoms with Crippen molar-refractivity contribution < 1.29 is 9.47 Å². The first kappa shape index (κ1) is 15.5. The minimum atomic E-state index is 0.410. The van der Waals surface area contributed by atoms with Gasteiger partial charge in [0.1, 0.15) is 0 Å². The number of nitrogens with zero attached hydrogens (tertiary/aromatic N) is 2. The summed E-state index contributed by atoms with van der Waals surface area (Å²) in [7, 11) is 0. The molecule has 0 unspecified atom stereocenters. The largest absolute Gasteiger partial charge is 0.379 e. The van der Waals surface area contributed by atoms with Crippen LogP contribution in [0.4, 0.5) is 11.4 Å². The Morgan fingerprint density at radius 1 is 1.05 bits per heavy atom. The van der Waals surface area contributed by atoms with Gasteiger partial charge in [0.2, 0.25) is 0 Å². The van der Waals surface area contributed by atoms with E-state index >= 15 is 0 Å². The molecule has 0 N–H and O–H groups in total. The standard InChI is InChI=1S/C14H16N2O2S/c1-4-17-7-8-18-9-10-19-12-5-6-13(15-2)14(11-12)16-3/h5-6,11H,4,7-10H2,1H3. The van der Waals surface area contributed by atoms with Crippen LogP contribution in [0.2, 0.25) is 0 Å². The summed E-state index contributed by atoms with van der Waals surface area (Å²) in [6, 6.07) is 5.32. The zero-order valence-electron chi connectivity index (χ0n) is 10.9. The van der Waals surface area contributed by atoms with E-state index < -0.39 is 0 Å². The molecular formula is C14H16N2O2S. The van der Waals surface area contributed by atoms with Crippen molar-refractivity contribution in [1.82, 2.24) is 0 Å². The molecule has 1 rings (SSSR count). The summed E-state index contributed by atoms with van der Waals surface area (Å²) >= 11 is 1.62. The second kappa shape index (κ2) is 9.41. The molecule has 0 saturated heterocycles. The van der Waals surface area contributed by atoms with E-state index in [2.05, 4.69) is 9.69 Å². The lowest BCUT2D eigenvalue weighted by Gasteiger charge is -2.05. The van der Waals surface area contributed by atoms with Crippen molar-refractivity contribution in [3.8, 4) is 0 Å². The molecule has 1 aromatic rings. The highest BCUT2D eigenvalue weighted by atomic mass is 32.2. The summed E-state index contributed by atoms with van der Waals surface area (Å²) in [6.45, 7) is 18.5. The summed E-state index contributed by atoms with van der Waals surface area (Å²) in [5, 5.41) is 0. The third kappa shape index (κ3) is 5.76. The van der Waals surface area contributed by atoms with Gasteiger partial charge in [-0.15, -0.1) is 11.8 Å². The first-order valence-corrected chi connectivity index (χ1v) is 6.97. The maximum absolute atomic E-state index is 7.03. The van der Waals surface area contributed by atoms with E-state index in [9.17, 15) is 0 Å². The zero-order valence-corrected chi connectivity index (χ0v) is 11.7. The molecule has 19 heavy (non-hydrogen) atoms. The lowest BCUT2D eigenvalue weighted by molar-refractivity contribution is 0.0594. The topological polar surface area (TPSA) is 27.2 Å². The molecule has 0 radical (unpaired) electrons. The van der Waals surface area contributed by atoms with Crippen LogP contribution in [0.1, 0.15) is 6.92 Å². The Balaban J connectivity index is 2.31. The van der Waals surface area contributed by atoms with E-state index in [-0.39, 0.29) is 0 Å². The Morgan fingerprint density at radius 3 is 2.47 bits per heavy atom. The predicted molar refractivity (Wildman–Crippen MR) is 77.0 cm³/mol. The van der Waals surface area contributed by atoms with Crippen LogP contribution in [0.15, 0.2) is 23.1 Å². The van der Waals surface area contributed by atoms with Gasteiger partial charge in [-0.05, 0) is 11.8 Å².